The number of nitrogens with one attached hydrogen (secondary N) is 1. The van der Waals surface area contributed by atoms with Crippen LogP contribution in [0, 0.1) is 12.7 Å². The van der Waals surface area contributed by atoms with Crippen LogP contribution in [0.15, 0.2) is 53.9 Å². The van der Waals surface area contributed by atoms with Crippen molar-refractivity contribution in [3.05, 3.63) is 76.5 Å². The summed E-state index contributed by atoms with van der Waals surface area (Å²) in [5.74, 6) is -1.65. The van der Waals surface area contributed by atoms with E-state index >= 15 is 0 Å². The Labute approximate surface area is 178 Å². The number of anilines is 1. The van der Waals surface area contributed by atoms with E-state index in [1.165, 1.54) is 23.6 Å². The number of aromatic nitrogens is 2. The summed E-state index contributed by atoms with van der Waals surface area (Å²) in [5.41, 5.74) is 0.968. The Morgan fingerprint density at radius 2 is 1.87 bits per heavy atom. The van der Waals surface area contributed by atoms with Crippen molar-refractivity contribution in [1.82, 2.24) is 14.9 Å². The molecular weight excluding hydrogens is 403 g/mol. The summed E-state index contributed by atoms with van der Waals surface area (Å²) in [6.45, 7) is 7.43. The van der Waals surface area contributed by atoms with Gasteiger partial charge in [-0.15, -0.1) is 5.10 Å². The second-order valence-electron chi connectivity index (χ2n) is 7.97. The molecule has 0 bridgehead atoms. The lowest BCUT2D eigenvalue weighted by Gasteiger charge is -2.33. The number of carbonyl (C=O) groups is 2. The minimum Gasteiger partial charge on any atom is -0.349 e. The van der Waals surface area contributed by atoms with Crippen LogP contribution in [0.3, 0.4) is 0 Å². The minimum absolute atomic E-state index is 0.00827. The van der Waals surface area contributed by atoms with Crippen LogP contribution in [0.5, 0.6) is 0 Å². The molecule has 0 aliphatic carbocycles. The van der Waals surface area contributed by atoms with Gasteiger partial charge >= 0.3 is 0 Å². The van der Waals surface area contributed by atoms with Gasteiger partial charge in [0.05, 0.1) is 5.69 Å². The van der Waals surface area contributed by atoms with Gasteiger partial charge in [-0.3, -0.25) is 14.5 Å². The Hall–Kier alpha value is -3.13. The van der Waals surface area contributed by atoms with E-state index in [0.29, 0.717) is 5.56 Å². The van der Waals surface area contributed by atoms with Crippen molar-refractivity contribution < 1.29 is 14.0 Å². The maximum atomic E-state index is 14.8. The summed E-state index contributed by atoms with van der Waals surface area (Å²) >= 11 is 1.01. The van der Waals surface area contributed by atoms with Gasteiger partial charge in [0.1, 0.15) is 11.9 Å². The molecule has 0 spiro atoms. The Balaban J connectivity index is 2.21. The predicted octanol–water partition coefficient (Wildman–Crippen LogP) is 4.29. The monoisotopic (exact) mass is 426 g/mol. The molecule has 3 rings (SSSR count). The van der Waals surface area contributed by atoms with Gasteiger partial charge < -0.3 is 5.32 Å². The van der Waals surface area contributed by atoms with Gasteiger partial charge in [-0.25, -0.2) is 4.39 Å². The summed E-state index contributed by atoms with van der Waals surface area (Å²) in [5, 5.41) is 8.24. The van der Waals surface area contributed by atoms with Crippen LogP contribution in [-0.2, 0) is 4.79 Å². The zero-order valence-electron chi connectivity index (χ0n) is 17.2. The summed E-state index contributed by atoms with van der Waals surface area (Å²) in [6, 6.07) is 12.0. The maximum absolute atomic E-state index is 14.8. The van der Waals surface area contributed by atoms with Crippen molar-refractivity contribution in [3.8, 4) is 0 Å². The van der Waals surface area contributed by atoms with E-state index in [0.717, 1.165) is 22.0 Å². The van der Waals surface area contributed by atoms with Crippen molar-refractivity contribution in [2.75, 3.05) is 4.90 Å². The molecule has 1 atom stereocenters. The van der Waals surface area contributed by atoms with Crippen molar-refractivity contribution in [3.63, 3.8) is 0 Å². The molecule has 0 aliphatic heterocycles. The van der Waals surface area contributed by atoms with Crippen molar-refractivity contribution >= 4 is 29.0 Å². The number of rotatable bonds is 5. The fraction of sp³-hybridized carbons (Fsp3) is 0.273. The van der Waals surface area contributed by atoms with Gasteiger partial charge in [0.25, 0.3) is 5.91 Å². The number of amides is 2. The van der Waals surface area contributed by atoms with Crippen LogP contribution in [-0.4, -0.2) is 26.9 Å². The first-order valence-electron chi connectivity index (χ1n) is 9.41. The molecule has 0 radical (unpaired) electrons. The fourth-order valence-electron chi connectivity index (χ4n) is 3.09. The largest absolute Gasteiger partial charge is 0.349 e. The highest BCUT2D eigenvalue weighted by Gasteiger charge is 2.37. The minimum atomic E-state index is -1.10. The van der Waals surface area contributed by atoms with E-state index in [1.54, 1.807) is 18.2 Å². The first kappa shape index (κ1) is 21.6. The smallest absolute Gasteiger partial charge is 0.280 e. The molecule has 2 amide bonds. The number of halogens is 1. The number of hydrogen-bond acceptors (Lipinski definition) is 5. The number of carbonyl (C=O) groups excluding carboxylic acids is 2. The Morgan fingerprint density at radius 1 is 1.13 bits per heavy atom. The third kappa shape index (κ3) is 4.88. The molecule has 6 nitrogen and oxygen atoms in total. The molecule has 156 valence electrons. The van der Waals surface area contributed by atoms with Crippen molar-refractivity contribution in [2.24, 2.45) is 0 Å². The zero-order valence-corrected chi connectivity index (χ0v) is 18.0. The summed E-state index contributed by atoms with van der Waals surface area (Å²) in [4.78, 5) is 28.0. The van der Waals surface area contributed by atoms with Crippen LogP contribution >= 0.6 is 11.5 Å². The molecule has 0 unspecified atom stereocenters. The molecule has 3 aromatic rings. The van der Waals surface area contributed by atoms with Gasteiger partial charge in [0.15, 0.2) is 5.69 Å². The van der Waals surface area contributed by atoms with Gasteiger partial charge in [-0.1, -0.05) is 46.4 Å². The highest BCUT2D eigenvalue weighted by atomic mass is 32.1. The number of hydrogen-bond donors (Lipinski definition) is 1. The molecule has 0 saturated heterocycles. The maximum Gasteiger partial charge on any atom is 0.280 e. The SMILES string of the molecule is Cc1cccc([C@@H](C(=O)NC(C)(C)C)N(C(=O)c2csnn2)c2ccccc2F)c1. The first-order valence-corrected chi connectivity index (χ1v) is 10.2. The molecule has 0 aliphatic rings. The van der Waals surface area contributed by atoms with Crippen LogP contribution in [0.4, 0.5) is 10.1 Å². The third-order valence-electron chi connectivity index (χ3n) is 4.27. The first-order chi connectivity index (χ1) is 14.2. The summed E-state index contributed by atoms with van der Waals surface area (Å²) < 4.78 is 18.6. The van der Waals surface area contributed by atoms with E-state index in [1.807, 2.05) is 39.8 Å². The fourth-order valence-corrected chi connectivity index (χ4v) is 3.52. The van der Waals surface area contributed by atoms with Gasteiger partial charge in [0.2, 0.25) is 5.91 Å². The van der Waals surface area contributed by atoms with E-state index in [-0.39, 0.29) is 11.4 Å². The van der Waals surface area contributed by atoms with E-state index < -0.39 is 29.2 Å². The van der Waals surface area contributed by atoms with Crippen LogP contribution in [0.25, 0.3) is 0 Å². The van der Waals surface area contributed by atoms with Gasteiger partial charge in [-0.05, 0) is 56.9 Å². The molecule has 2 aromatic carbocycles. The van der Waals surface area contributed by atoms with Gasteiger partial charge in [0, 0.05) is 10.9 Å². The van der Waals surface area contributed by atoms with E-state index in [2.05, 4.69) is 14.9 Å². The number of nitrogens with zero attached hydrogens (tertiary/aromatic N) is 3. The molecule has 1 aromatic heterocycles. The second-order valence-corrected chi connectivity index (χ2v) is 8.58. The average molecular weight is 427 g/mol. The van der Waals surface area contributed by atoms with Crippen LogP contribution in [0.1, 0.15) is 48.4 Å². The van der Waals surface area contributed by atoms with Gasteiger partial charge in [-0.2, -0.15) is 0 Å². The molecule has 30 heavy (non-hydrogen) atoms. The third-order valence-corrected chi connectivity index (χ3v) is 4.78. The number of para-hydroxylation sites is 1. The molecular formula is C22H23FN4O2S. The topological polar surface area (TPSA) is 75.2 Å². The average Bonchev–Trinajstić information content (AvgIpc) is 3.19. The van der Waals surface area contributed by atoms with Crippen molar-refractivity contribution in [1.29, 1.82) is 0 Å². The summed E-state index contributed by atoms with van der Waals surface area (Å²) in [6.07, 6.45) is 0. The lowest BCUT2D eigenvalue weighted by molar-refractivity contribution is -0.123. The molecule has 0 saturated carbocycles. The number of benzene rings is 2. The second kappa shape index (κ2) is 8.71. The standard InChI is InChI=1S/C22H23FN4O2S/c1-14-8-7-9-15(12-14)19(20(28)24-22(2,3)4)27(18-11-6-5-10-16(18)23)21(29)17-13-30-26-25-17/h5-13,19H,1-4H3,(H,24,28)/t19-/m0/s1. The van der Waals surface area contributed by atoms with Crippen LogP contribution < -0.4 is 10.2 Å². The Bertz CT molecular complexity index is 1050. The zero-order chi connectivity index (χ0) is 21.9. The Kier molecular flexibility index (Phi) is 6.26. The number of aryl methyl sites for hydroxylation is 1. The highest BCUT2D eigenvalue weighted by molar-refractivity contribution is 7.03. The lowest BCUT2D eigenvalue weighted by Crippen LogP contribution is -2.49. The summed E-state index contributed by atoms with van der Waals surface area (Å²) in [7, 11) is 0. The molecule has 1 N–H and O–H groups in total. The highest BCUT2D eigenvalue weighted by Crippen LogP contribution is 2.32. The van der Waals surface area contributed by atoms with E-state index in [4.69, 9.17) is 0 Å². The molecule has 8 heteroatoms. The Morgan fingerprint density at radius 3 is 2.47 bits per heavy atom. The van der Waals surface area contributed by atoms with Crippen molar-refractivity contribution in [2.45, 2.75) is 39.3 Å². The lowest BCUT2D eigenvalue weighted by atomic mass is 9.99. The van der Waals surface area contributed by atoms with Crippen LogP contribution in [0.2, 0.25) is 0 Å². The van der Waals surface area contributed by atoms with E-state index in [9.17, 15) is 14.0 Å². The quantitative estimate of drug-likeness (QED) is 0.660. The normalized spacial score (nSPS) is 12.3. The predicted molar refractivity (Wildman–Crippen MR) is 115 cm³/mol. The molecule has 1 heterocycles. The molecule has 0 fully saturated rings.